The molecule has 2 fully saturated rings. The number of hydrogen-bond acceptors (Lipinski definition) is 7. The SMILES string of the molecule is [2H]C([2H])([2H])CC(=O)c1cnc(NC(=O)C2CC2)cc1Nc1cc(F)cc2c1N(C)C1(CC1)c1nc(C)nn1-2. The Hall–Kier alpha value is -3.82. The van der Waals surface area contributed by atoms with Gasteiger partial charge in [-0.1, -0.05) is 6.85 Å². The lowest BCUT2D eigenvalue weighted by atomic mass is 10.0. The average molecular weight is 479 g/mol. The van der Waals surface area contributed by atoms with Gasteiger partial charge in [-0.2, -0.15) is 5.10 Å². The van der Waals surface area contributed by atoms with Gasteiger partial charge in [0.1, 0.15) is 23.0 Å². The van der Waals surface area contributed by atoms with Gasteiger partial charge < -0.3 is 15.5 Å². The smallest absolute Gasteiger partial charge is 0.228 e. The summed E-state index contributed by atoms with van der Waals surface area (Å²) in [6.07, 6.45) is 3.87. The van der Waals surface area contributed by atoms with Crippen LogP contribution < -0.4 is 15.5 Å². The van der Waals surface area contributed by atoms with Gasteiger partial charge in [0.2, 0.25) is 5.91 Å². The minimum Gasteiger partial charge on any atom is -0.358 e. The summed E-state index contributed by atoms with van der Waals surface area (Å²) in [4.78, 5) is 36.2. The van der Waals surface area contributed by atoms with Crippen LogP contribution in [0.25, 0.3) is 5.69 Å². The van der Waals surface area contributed by atoms with E-state index in [0.717, 1.165) is 31.5 Å². The Morgan fingerprint density at radius 3 is 2.77 bits per heavy atom. The van der Waals surface area contributed by atoms with Gasteiger partial charge in [0, 0.05) is 41.8 Å². The zero-order valence-corrected chi connectivity index (χ0v) is 19.4. The first kappa shape index (κ1) is 18.5. The first-order chi connectivity index (χ1) is 17.9. The molecule has 1 amide bonds. The van der Waals surface area contributed by atoms with E-state index < -0.39 is 24.9 Å². The highest BCUT2D eigenvalue weighted by atomic mass is 19.1. The van der Waals surface area contributed by atoms with Crippen molar-refractivity contribution >= 4 is 34.6 Å². The van der Waals surface area contributed by atoms with Crippen LogP contribution in [0.2, 0.25) is 0 Å². The number of Topliss-reactive ketones (excluding diaryl/α,β-unsaturated/α-hetero) is 1. The number of rotatable bonds is 6. The number of nitrogens with zero attached hydrogens (tertiary/aromatic N) is 5. The summed E-state index contributed by atoms with van der Waals surface area (Å²) < 4.78 is 39.3. The van der Waals surface area contributed by atoms with Crippen LogP contribution in [0.5, 0.6) is 0 Å². The van der Waals surface area contributed by atoms with Gasteiger partial charge in [-0.25, -0.2) is 19.0 Å². The largest absolute Gasteiger partial charge is 0.358 e. The van der Waals surface area contributed by atoms with Crippen LogP contribution in [0.3, 0.4) is 0 Å². The maximum Gasteiger partial charge on any atom is 0.228 e. The number of carbonyl (C=O) groups excluding carboxylic acids is 2. The molecule has 0 bridgehead atoms. The van der Waals surface area contributed by atoms with Crippen LogP contribution in [0.15, 0.2) is 24.4 Å². The fraction of sp³-hybridized carbons (Fsp3) is 0.400. The van der Waals surface area contributed by atoms with Crippen LogP contribution in [-0.4, -0.2) is 38.5 Å². The molecule has 6 rings (SSSR count). The molecule has 1 spiro atoms. The van der Waals surface area contributed by atoms with E-state index in [4.69, 9.17) is 4.11 Å². The predicted octanol–water partition coefficient (Wildman–Crippen LogP) is 4.23. The molecule has 3 heterocycles. The summed E-state index contributed by atoms with van der Waals surface area (Å²) in [7, 11) is 1.91. The summed E-state index contributed by atoms with van der Waals surface area (Å²) >= 11 is 0. The molecule has 35 heavy (non-hydrogen) atoms. The van der Waals surface area contributed by atoms with Crippen molar-refractivity contribution in [3.63, 3.8) is 0 Å². The molecule has 9 nitrogen and oxygen atoms in total. The standard InChI is InChI=1S/C25H26FN7O2/c1-4-20(34)16-12-27-21(30-23(35)14-5-6-14)11-17(16)29-18-9-15(26)10-19-22(18)32(3)25(7-8-25)24-28-13(2)31-33(19)24/h9-12,14H,4-8H2,1-3H3,(H2,27,29,30,35)/i1D3. The molecule has 2 aromatic heterocycles. The molecule has 10 heteroatoms. The number of amides is 1. The van der Waals surface area contributed by atoms with E-state index in [1.54, 1.807) is 11.6 Å². The number of nitrogens with one attached hydrogen (secondary N) is 2. The van der Waals surface area contributed by atoms with E-state index in [9.17, 15) is 14.0 Å². The molecule has 0 atom stereocenters. The number of benzene rings is 1. The second-order valence-electron chi connectivity index (χ2n) is 9.41. The summed E-state index contributed by atoms with van der Waals surface area (Å²) in [6, 6.07) is 4.19. The lowest BCUT2D eigenvalue weighted by Crippen LogP contribution is -2.39. The van der Waals surface area contributed by atoms with Crippen LogP contribution >= 0.6 is 0 Å². The molecule has 3 aromatic rings. The number of aryl methyl sites for hydroxylation is 1. The number of ketones is 1. The van der Waals surface area contributed by atoms with Gasteiger partial charge >= 0.3 is 0 Å². The minimum absolute atomic E-state index is 0.0282. The van der Waals surface area contributed by atoms with Gasteiger partial charge in [-0.05, 0) is 38.7 Å². The first-order valence-corrected chi connectivity index (χ1v) is 11.6. The molecule has 3 aliphatic rings. The maximum atomic E-state index is 15.0. The number of aromatic nitrogens is 4. The van der Waals surface area contributed by atoms with Crippen LogP contribution in [-0.2, 0) is 10.3 Å². The molecule has 0 saturated heterocycles. The predicted molar refractivity (Wildman–Crippen MR) is 129 cm³/mol. The zero-order chi connectivity index (χ0) is 27.0. The lowest BCUT2D eigenvalue weighted by molar-refractivity contribution is -0.117. The van der Waals surface area contributed by atoms with Crippen molar-refractivity contribution in [2.24, 2.45) is 5.92 Å². The Balaban J connectivity index is 1.45. The van der Waals surface area contributed by atoms with E-state index in [1.165, 1.54) is 24.4 Å². The maximum absolute atomic E-state index is 15.0. The Morgan fingerprint density at radius 1 is 1.26 bits per heavy atom. The highest BCUT2D eigenvalue weighted by molar-refractivity contribution is 6.03. The van der Waals surface area contributed by atoms with Crippen molar-refractivity contribution in [1.29, 1.82) is 0 Å². The molecule has 2 saturated carbocycles. The number of hydrogen-bond donors (Lipinski definition) is 2. The number of fused-ring (bicyclic) bond motifs is 4. The fourth-order valence-electron chi connectivity index (χ4n) is 4.78. The monoisotopic (exact) mass is 478 g/mol. The highest BCUT2D eigenvalue weighted by Crippen LogP contribution is 2.57. The molecule has 180 valence electrons. The van der Waals surface area contributed by atoms with E-state index in [-0.39, 0.29) is 34.4 Å². The molecule has 1 aromatic carbocycles. The van der Waals surface area contributed by atoms with E-state index in [0.29, 0.717) is 22.9 Å². The molecule has 0 unspecified atom stereocenters. The Labute approximate surface area is 206 Å². The van der Waals surface area contributed by atoms with E-state index in [1.807, 2.05) is 7.05 Å². The van der Waals surface area contributed by atoms with Crippen molar-refractivity contribution in [3.05, 3.63) is 47.4 Å². The summed E-state index contributed by atoms with van der Waals surface area (Å²) in [5.74, 6) is 0.129. The van der Waals surface area contributed by atoms with Gasteiger partial charge in [-0.15, -0.1) is 0 Å². The number of carbonyl (C=O) groups is 2. The van der Waals surface area contributed by atoms with Gasteiger partial charge in [-0.3, -0.25) is 9.59 Å². The van der Waals surface area contributed by atoms with Gasteiger partial charge in [0.05, 0.1) is 28.3 Å². The third-order valence-electron chi connectivity index (χ3n) is 6.95. The molecule has 2 N–H and O–H groups in total. The normalized spacial score (nSPS) is 18.7. The Bertz CT molecular complexity index is 1490. The lowest BCUT2D eigenvalue weighted by Gasteiger charge is -2.37. The van der Waals surface area contributed by atoms with Gasteiger partial charge in [0.25, 0.3) is 0 Å². The van der Waals surface area contributed by atoms with Crippen LogP contribution in [0.1, 0.15) is 65.1 Å². The Morgan fingerprint density at radius 2 is 2.06 bits per heavy atom. The highest BCUT2D eigenvalue weighted by Gasteiger charge is 2.55. The van der Waals surface area contributed by atoms with Crippen molar-refractivity contribution in [3.8, 4) is 5.69 Å². The molecule has 1 aliphatic heterocycles. The number of pyridine rings is 1. The fourth-order valence-corrected chi connectivity index (χ4v) is 4.78. The van der Waals surface area contributed by atoms with Crippen molar-refractivity contribution in [1.82, 2.24) is 19.7 Å². The second kappa shape index (κ2) is 7.59. The number of halogens is 1. The number of anilines is 4. The van der Waals surface area contributed by atoms with Crippen LogP contribution in [0, 0.1) is 18.7 Å². The molecule has 0 radical (unpaired) electrons. The van der Waals surface area contributed by atoms with Crippen molar-refractivity contribution in [2.45, 2.75) is 51.4 Å². The van der Waals surface area contributed by atoms with Crippen molar-refractivity contribution in [2.75, 3.05) is 22.6 Å². The molecule has 2 aliphatic carbocycles. The Kier molecular flexibility index (Phi) is 4.01. The summed E-state index contributed by atoms with van der Waals surface area (Å²) in [6.45, 7) is -0.693. The van der Waals surface area contributed by atoms with E-state index >= 15 is 0 Å². The molecular formula is C25H26FN7O2. The summed E-state index contributed by atoms with van der Waals surface area (Å²) in [5, 5.41) is 10.4. The first-order valence-electron chi connectivity index (χ1n) is 13.1. The average Bonchev–Trinajstić information content (AvgIpc) is 3.74. The van der Waals surface area contributed by atoms with Crippen LogP contribution in [0.4, 0.5) is 27.3 Å². The van der Waals surface area contributed by atoms with Gasteiger partial charge in [0.15, 0.2) is 11.6 Å². The minimum atomic E-state index is -2.48. The van der Waals surface area contributed by atoms with E-state index in [2.05, 4.69) is 30.6 Å². The van der Waals surface area contributed by atoms with Crippen molar-refractivity contribution < 1.29 is 18.1 Å². The second-order valence-corrected chi connectivity index (χ2v) is 9.41. The molecular weight excluding hydrogens is 449 g/mol. The zero-order valence-electron chi connectivity index (χ0n) is 22.4. The third kappa shape index (κ3) is 3.46. The third-order valence-corrected chi connectivity index (χ3v) is 6.95. The quantitative estimate of drug-likeness (QED) is 0.511. The topological polar surface area (TPSA) is 105 Å². The summed E-state index contributed by atoms with van der Waals surface area (Å²) in [5.41, 5.74) is 1.39.